The van der Waals surface area contributed by atoms with Crippen LogP contribution in [0.15, 0.2) is 11.6 Å². The first-order valence-electron chi connectivity index (χ1n) is 18.4. The van der Waals surface area contributed by atoms with E-state index in [1.807, 2.05) is 61.2 Å². The van der Waals surface area contributed by atoms with Crippen molar-refractivity contribution in [1.82, 2.24) is 15.1 Å². The molecule has 12 atom stereocenters. The summed E-state index contributed by atoms with van der Waals surface area (Å²) in [6.07, 6.45) is 0.173. The van der Waals surface area contributed by atoms with Crippen LogP contribution in [0.25, 0.3) is 0 Å². The van der Waals surface area contributed by atoms with Gasteiger partial charge in [0.1, 0.15) is 23.6 Å². The fourth-order valence-corrected chi connectivity index (χ4v) is 8.91. The van der Waals surface area contributed by atoms with Crippen molar-refractivity contribution in [3.63, 3.8) is 0 Å². The third-order valence-electron chi connectivity index (χ3n) is 11.5. The van der Waals surface area contributed by atoms with Crippen molar-refractivity contribution in [3.8, 4) is 0 Å². The van der Waals surface area contributed by atoms with Gasteiger partial charge in [-0.1, -0.05) is 53.0 Å². The van der Waals surface area contributed by atoms with Crippen LogP contribution < -0.4 is 5.32 Å². The second-order valence-electron chi connectivity index (χ2n) is 16.3. The Kier molecular flexibility index (Phi) is 17.1. The summed E-state index contributed by atoms with van der Waals surface area (Å²) in [6.45, 7) is 18.4. The van der Waals surface area contributed by atoms with Crippen molar-refractivity contribution in [2.24, 2.45) is 23.2 Å². The minimum absolute atomic E-state index is 0. The summed E-state index contributed by atoms with van der Waals surface area (Å²) in [7, 11) is 5.57. The summed E-state index contributed by atoms with van der Waals surface area (Å²) in [5, 5.41) is 2.88. The number of likely N-dealkylation sites (N-methyl/N-ethyl adjacent to an activating group) is 1. The first-order valence-corrected chi connectivity index (χ1v) is 18.4. The summed E-state index contributed by atoms with van der Waals surface area (Å²) in [4.78, 5) is 59.9. The number of amides is 2. The van der Waals surface area contributed by atoms with Crippen LogP contribution in [-0.2, 0) is 56.6 Å². The van der Waals surface area contributed by atoms with E-state index < -0.39 is 83.2 Å². The van der Waals surface area contributed by atoms with Crippen molar-refractivity contribution < 1.29 is 97.3 Å². The summed E-state index contributed by atoms with van der Waals surface area (Å²) >= 11 is 0. The molecule has 53 heavy (non-hydrogen) atoms. The topological polar surface area (TPSA) is 142 Å². The van der Waals surface area contributed by atoms with Gasteiger partial charge >= 0.3 is 12.2 Å². The van der Waals surface area contributed by atoms with E-state index in [-0.39, 0.29) is 87.1 Å². The second kappa shape index (κ2) is 18.9. The van der Waals surface area contributed by atoms with Crippen LogP contribution in [0.5, 0.6) is 0 Å². The molecule has 13 nitrogen and oxygen atoms in total. The monoisotopic (exact) mass is 1010 g/mol. The fraction of sp³-hybridized carbons (Fsp3) is 0.816. The molecule has 4 saturated heterocycles. The van der Waals surface area contributed by atoms with E-state index in [2.05, 4.69) is 10.2 Å². The van der Waals surface area contributed by atoms with E-state index in [0.717, 1.165) is 0 Å². The molecule has 15 heteroatoms. The van der Waals surface area contributed by atoms with Crippen LogP contribution in [0, 0.1) is 60.7 Å². The molecule has 1 N–H and O–H groups in total. The smallest absolute Gasteiger partial charge is 0.411 e. The number of fused-ring (bicyclic) bond motifs is 4. The molecule has 299 valence electrons. The van der Waals surface area contributed by atoms with Gasteiger partial charge in [-0.15, -0.1) is 5.92 Å². The van der Waals surface area contributed by atoms with Crippen molar-refractivity contribution in [3.05, 3.63) is 18.1 Å². The van der Waals surface area contributed by atoms with Gasteiger partial charge in [0.2, 0.25) is 0 Å². The molecule has 4 aliphatic heterocycles. The van der Waals surface area contributed by atoms with Gasteiger partial charge in [-0.2, -0.15) is 0 Å². The minimum Gasteiger partial charge on any atom is -0.460 e. The maximum Gasteiger partial charge on any atom is 0.411 e. The molecular formula is C38H62N3O10UV-. The van der Waals surface area contributed by atoms with E-state index in [0.29, 0.717) is 18.4 Å². The van der Waals surface area contributed by atoms with E-state index in [1.165, 1.54) is 4.90 Å². The quantitative estimate of drug-likeness (QED) is 0.174. The third-order valence-corrected chi connectivity index (χ3v) is 11.5. The number of cyclic esters (lactones) is 1. The van der Waals surface area contributed by atoms with Gasteiger partial charge in [0.15, 0.2) is 11.9 Å². The van der Waals surface area contributed by atoms with Crippen LogP contribution in [0.2, 0.25) is 0 Å². The van der Waals surface area contributed by atoms with E-state index in [4.69, 9.17) is 28.4 Å². The van der Waals surface area contributed by atoms with Gasteiger partial charge in [-0.05, 0) is 66.6 Å². The normalized spacial score (nSPS) is 40.5. The first-order chi connectivity index (χ1) is 23.7. The van der Waals surface area contributed by atoms with Crippen LogP contribution >= 0.6 is 0 Å². The number of nitrogens with one attached hydrogen (secondary N) is 1. The molecule has 4 fully saturated rings. The number of allylic oxidation sites excluding steroid dienone is 1. The van der Waals surface area contributed by atoms with Crippen LogP contribution in [0.3, 0.4) is 0 Å². The molecule has 0 spiro atoms. The molecule has 0 aromatic rings. The van der Waals surface area contributed by atoms with Crippen molar-refractivity contribution >= 4 is 23.9 Å². The molecule has 0 aromatic heterocycles. The molecule has 0 saturated carbocycles. The number of alkyl carbamates (subject to hydrolysis) is 1. The Balaban J connectivity index is 0.00000486. The number of Topliss-reactive ketones (excluding diaryl/α,β-unsaturated/α-hetero) is 1. The Morgan fingerprint density at radius 2 is 1.70 bits per heavy atom. The summed E-state index contributed by atoms with van der Waals surface area (Å²) in [5.74, 6) is -2.62. The minimum atomic E-state index is -1.42. The van der Waals surface area contributed by atoms with Gasteiger partial charge in [0.05, 0.1) is 18.2 Å². The zero-order valence-electron chi connectivity index (χ0n) is 33.9. The third kappa shape index (κ3) is 10.1. The Morgan fingerprint density at radius 1 is 1.06 bits per heavy atom. The van der Waals surface area contributed by atoms with Crippen LogP contribution in [0.1, 0.15) is 88.5 Å². The van der Waals surface area contributed by atoms with Crippen molar-refractivity contribution in [1.29, 1.82) is 0 Å². The van der Waals surface area contributed by atoms with Crippen molar-refractivity contribution in [2.45, 2.75) is 142 Å². The maximum atomic E-state index is 14.6. The van der Waals surface area contributed by atoms with E-state index in [1.54, 1.807) is 41.7 Å². The molecule has 4 heterocycles. The van der Waals surface area contributed by atoms with Crippen LogP contribution in [-0.4, -0.2) is 122 Å². The zero-order chi connectivity index (χ0) is 38.2. The standard InChI is InChI=1S/C38H62N3O10.U.V/c1-14-25-19-39-34(44)50-37(9)18-21(3)28(42)24(6)30-38(10,51-35(45)41(30)20-25)27(15-2)48-33(43)36(7,8)17-22(4)31(37)49-32-29(46-13)26(40(11)12)16-23(5)47-32;;/h14,17,21-24,26-27,29-32H,15-16,18-20H2,1-13H3,(H,39,44);;/q-1;;/b25-14+;;/t21-,22+,23-,24+,26+,27-,29-,30-,31-,32+,37-,38-;;/m1../s1. The largest absolute Gasteiger partial charge is 0.460 e. The number of hydrogen-bond donors (Lipinski definition) is 1. The Morgan fingerprint density at radius 3 is 2.26 bits per heavy atom. The van der Waals surface area contributed by atoms with Gasteiger partial charge in [0, 0.05) is 87.7 Å². The van der Waals surface area contributed by atoms with Crippen molar-refractivity contribution in [2.75, 3.05) is 34.3 Å². The predicted molar refractivity (Wildman–Crippen MR) is 189 cm³/mol. The number of nitrogens with zero attached hydrogens (tertiary/aromatic N) is 2. The molecule has 0 unspecified atom stereocenters. The average Bonchev–Trinajstić information content (AvgIpc) is 3.30. The fourth-order valence-electron chi connectivity index (χ4n) is 8.91. The Hall–Kier alpha value is -1.10. The molecule has 0 aromatic carbocycles. The number of ketones is 1. The van der Waals surface area contributed by atoms with Gasteiger partial charge in [0.25, 0.3) is 5.97 Å². The van der Waals surface area contributed by atoms with Crippen LogP contribution in [0.4, 0.5) is 9.59 Å². The molecule has 2 amide bonds. The van der Waals surface area contributed by atoms with E-state index in [9.17, 15) is 19.2 Å². The summed E-state index contributed by atoms with van der Waals surface area (Å²) < 4.78 is 38.1. The Labute approximate surface area is 352 Å². The van der Waals surface area contributed by atoms with Gasteiger partial charge < -0.3 is 45.1 Å². The molecular weight excluding hydrogens is 947 g/mol. The zero-order valence-corrected chi connectivity index (χ0v) is 39.4. The number of carbonyl (C=O) groups is 4. The maximum absolute atomic E-state index is 14.6. The number of methoxy groups -OCH3 is 1. The predicted octanol–water partition coefficient (Wildman–Crippen LogP) is 4.91. The summed E-state index contributed by atoms with van der Waals surface area (Å²) in [6, 6.07) is -0.815. The molecule has 4 aliphatic rings. The average molecular weight is 1010 g/mol. The van der Waals surface area contributed by atoms with E-state index >= 15 is 0 Å². The molecule has 1 radical (unpaired) electrons. The number of ether oxygens (including phenoxy) is 6. The number of carbonyl (C=O) groups excluding carboxylic acids is 4. The number of rotatable bonds is 5. The molecule has 4 rings (SSSR count). The second-order valence-corrected chi connectivity index (χ2v) is 16.3. The number of esters is 1. The van der Waals surface area contributed by atoms with Gasteiger partial charge in [-0.25, -0.2) is 9.59 Å². The number of hydrogen-bond acceptors (Lipinski definition) is 11. The van der Waals surface area contributed by atoms with Gasteiger partial charge in [-0.3, -0.25) is 14.5 Å². The summed E-state index contributed by atoms with van der Waals surface area (Å²) in [5.41, 5.74) is -3.22. The molecule has 2 bridgehead atoms. The SMILES string of the molecule is C/C=C1\CNC(=O)O[C@]2(C)C[C@@H](C)C(=O)[C@H](C)[C@H]3N(C1)C(=O)O[C@]3(C)[C@@H](CC)OC(=O)C(C)(C)[CH-][C@H](C)[C@H]2O[C@@H]1O[C@H](C)C[C@H](N(C)C)[C@H]1OC.[U].[V]. The molecule has 0 aliphatic carbocycles. The first kappa shape index (κ1) is 48.0. The Bertz CT molecular complexity index is 1350.